The minimum Gasteiger partial charge on any atom is -0.382 e. The van der Waals surface area contributed by atoms with Crippen molar-refractivity contribution in [2.75, 3.05) is 0 Å². The average molecular weight is 448 g/mol. The van der Waals surface area contributed by atoms with Gasteiger partial charge >= 0.3 is 0 Å². The van der Waals surface area contributed by atoms with Crippen LogP contribution in [0.1, 0.15) is 23.1 Å². The van der Waals surface area contributed by atoms with Crippen LogP contribution in [0.5, 0.6) is 0 Å². The second-order valence-corrected chi connectivity index (χ2v) is 6.85. The van der Waals surface area contributed by atoms with E-state index in [-0.39, 0.29) is 31.7 Å². The van der Waals surface area contributed by atoms with Gasteiger partial charge in [0.25, 0.3) is 0 Å². The summed E-state index contributed by atoms with van der Waals surface area (Å²) in [5.74, 6) is -1.10. The quantitative estimate of drug-likeness (QED) is 0.566. The molecule has 3 rings (SSSR count). The summed E-state index contributed by atoms with van der Waals surface area (Å²) in [6.07, 6.45) is -1.26. The average Bonchev–Trinajstić information content (AvgIpc) is 2.81. The Bertz CT molecular complexity index is 942. The molecule has 0 aliphatic heterocycles. The Balaban J connectivity index is 2.24. The summed E-state index contributed by atoms with van der Waals surface area (Å²) in [5, 5.41) is 11.0. The van der Waals surface area contributed by atoms with E-state index in [9.17, 15) is 13.9 Å². The van der Waals surface area contributed by atoms with Gasteiger partial charge in [-0.05, 0) is 47.1 Å². The lowest BCUT2D eigenvalue weighted by Gasteiger charge is -2.18. The molecular weight excluding hydrogens is 437 g/mol. The van der Waals surface area contributed by atoms with Crippen molar-refractivity contribution in [1.82, 2.24) is 9.55 Å². The largest absolute Gasteiger partial charge is 0.382 e. The topological polar surface area (TPSA) is 38.0 Å². The molecule has 1 unspecified atom stereocenters. The number of hydrogen-bond donors (Lipinski definition) is 1. The van der Waals surface area contributed by atoms with E-state index in [4.69, 9.17) is 23.2 Å². The Labute approximate surface area is 161 Å². The van der Waals surface area contributed by atoms with Crippen LogP contribution in [-0.2, 0) is 0 Å². The molecule has 1 atom stereocenters. The van der Waals surface area contributed by atoms with Crippen LogP contribution in [0.15, 0.2) is 41.1 Å². The molecule has 0 saturated heterocycles. The Morgan fingerprint density at radius 1 is 1.16 bits per heavy atom. The number of aliphatic hydroxyl groups excluding tert-OH is 1. The summed E-state index contributed by atoms with van der Waals surface area (Å²) >= 11 is 15.5. The highest BCUT2D eigenvalue weighted by atomic mass is 79.9. The van der Waals surface area contributed by atoms with Crippen molar-refractivity contribution in [2.24, 2.45) is 0 Å². The van der Waals surface area contributed by atoms with Gasteiger partial charge in [-0.25, -0.2) is 13.8 Å². The van der Waals surface area contributed by atoms with Crippen LogP contribution in [0, 0.1) is 18.6 Å². The predicted molar refractivity (Wildman–Crippen MR) is 96.4 cm³/mol. The van der Waals surface area contributed by atoms with Crippen molar-refractivity contribution in [1.29, 1.82) is 0 Å². The van der Waals surface area contributed by atoms with Gasteiger partial charge in [-0.1, -0.05) is 35.3 Å². The van der Waals surface area contributed by atoms with Crippen LogP contribution in [0.3, 0.4) is 0 Å². The van der Waals surface area contributed by atoms with Gasteiger partial charge in [-0.15, -0.1) is 0 Å². The highest BCUT2D eigenvalue weighted by molar-refractivity contribution is 9.10. The third-order valence-electron chi connectivity index (χ3n) is 3.73. The van der Waals surface area contributed by atoms with Crippen LogP contribution in [0.2, 0.25) is 10.0 Å². The smallest absolute Gasteiger partial charge is 0.182 e. The fourth-order valence-corrected chi connectivity index (χ4v) is 3.77. The van der Waals surface area contributed by atoms with Crippen LogP contribution < -0.4 is 0 Å². The molecule has 0 saturated carbocycles. The molecule has 0 fully saturated rings. The molecule has 130 valence electrons. The van der Waals surface area contributed by atoms with E-state index < -0.39 is 17.7 Å². The third-order valence-corrected chi connectivity index (χ3v) is 4.90. The molecule has 0 bridgehead atoms. The predicted octanol–water partition coefficient (Wildman–Crippen LogP) is 5.61. The number of benzene rings is 2. The minimum absolute atomic E-state index is 0.0453. The van der Waals surface area contributed by atoms with Crippen molar-refractivity contribution in [3.8, 4) is 5.69 Å². The monoisotopic (exact) mass is 446 g/mol. The summed E-state index contributed by atoms with van der Waals surface area (Å²) in [7, 11) is 0. The standard InChI is InChI=1S/C17H11BrCl2F2N2O/c1-8-14(16(25)10-6-5-9(21)7-12(10)20)24(17(18)23-8)15-11(19)3-2-4-13(15)22/h2-7,16,25H,1H3. The second kappa shape index (κ2) is 7.03. The Kier molecular flexibility index (Phi) is 5.16. The number of aromatic nitrogens is 2. The zero-order chi connectivity index (χ0) is 18.3. The molecule has 1 heterocycles. The molecular formula is C17H11BrCl2F2N2O. The molecule has 0 aliphatic rings. The number of aliphatic hydroxyl groups is 1. The number of hydrogen-bond acceptors (Lipinski definition) is 2. The molecule has 1 aromatic heterocycles. The molecule has 3 aromatic rings. The zero-order valence-electron chi connectivity index (χ0n) is 12.8. The summed E-state index contributed by atoms with van der Waals surface area (Å²) in [6.45, 7) is 1.66. The van der Waals surface area contributed by atoms with E-state index in [1.807, 2.05) is 0 Å². The normalized spacial score (nSPS) is 12.4. The lowest BCUT2D eigenvalue weighted by Crippen LogP contribution is -2.11. The number of para-hydroxylation sites is 1. The molecule has 0 aliphatic carbocycles. The van der Waals surface area contributed by atoms with Gasteiger partial charge in [-0.3, -0.25) is 4.57 Å². The number of aryl methyl sites for hydroxylation is 1. The van der Waals surface area contributed by atoms with Crippen molar-refractivity contribution < 1.29 is 13.9 Å². The first-order valence-electron chi connectivity index (χ1n) is 7.13. The molecule has 2 aromatic carbocycles. The number of halogens is 5. The fraction of sp³-hybridized carbons (Fsp3) is 0.118. The Morgan fingerprint density at radius 2 is 1.88 bits per heavy atom. The van der Waals surface area contributed by atoms with Gasteiger partial charge in [0.1, 0.15) is 23.4 Å². The van der Waals surface area contributed by atoms with Crippen LogP contribution in [0.25, 0.3) is 5.69 Å². The maximum absolute atomic E-state index is 14.4. The van der Waals surface area contributed by atoms with Gasteiger partial charge in [0, 0.05) is 10.6 Å². The van der Waals surface area contributed by atoms with E-state index >= 15 is 0 Å². The molecule has 0 radical (unpaired) electrons. The maximum Gasteiger partial charge on any atom is 0.182 e. The van der Waals surface area contributed by atoms with Crippen molar-refractivity contribution in [3.63, 3.8) is 0 Å². The molecule has 1 N–H and O–H groups in total. The van der Waals surface area contributed by atoms with Gasteiger partial charge in [0.05, 0.1) is 16.4 Å². The molecule has 3 nitrogen and oxygen atoms in total. The van der Waals surface area contributed by atoms with Crippen molar-refractivity contribution in [3.05, 3.63) is 79.8 Å². The summed E-state index contributed by atoms with van der Waals surface area (Å²) < 4.78 is 29.3. The van der Waals surface area contributed by atoms with Crippen LogP contribution in [0.4, 0.5) is 8.78 Å². The van der Waals surface area contributed by atoms with Gasteiger partial charge < -0.3 is 5.11 Å². The first kappa shape index (κ1) is 18.3. The number of nitrogens with zero attached hydrogens (tertiary/aromatic N) is 2. The molecule has 0 spiro atoms. The molecule has 0 amide bonds. The third kappa shape index (κ3) is 3.31. The lowest BCUT2D eigenvalue weighted by atomic mass is 10.0. The van der Waals surface area contributed by atoms with Gasteiger partial charge in [0.2, 0.25) is 0 Å². The van der Waals surface area contributed by atoms with E-state index in [0.717, 1.165) is 6.07 Å². The summed E-state index contributed by atoms with van der Waals surface area (Å²) in [4.78, 5) is 4.24. The van der Waals surface area contributed by atoms with E-state index in [1.54, 1.807) is 6.92 Å². The Hall–Kier alpha value is -1.47. The van der Waals surface area contributed by atoms with E-state index in [1.165, 1.54) is 34.9 Å². The van der Waals surface area contributed by atoms with Gasteiger partial charge in [-0.2, -0.15) is 0 Å². The number of rotatable bonds is 3. The highest BCUT2D eigenvalue weighted by Gasteiger charge is 2.26. The highest BCUT2D eigenvalue weighted by Crippen LogP contribution is 2.36. The second-order valence-electron chi connectivity index (χ2n) is 5.33. The molecule has 8 heteroatoms. The van der Waals surface area contributed by atoms with Crippen molar-refractivity contribution in [2.45, 2.75) is 13.0 Å². The van der Waals surface area contributed by atoms with Crippen LogP contribution >= 0.6 is 39.1 Å². The van der Waals surface area contributed by atoms with Crippen LogP contribution in [-0.4, -0.2) is 14.7 Å². The summed E-state index contributed by atoms with van der Waals surface area (Å²) in [6, 6.07) is 7.92. The number of imidazole rings is 1. The van der Waals surface area contributed by atoms with Crippen molar-refractivity contribution >= 4 is 39.1 Å². The minimum atomic E-state index is -1.26. The van der Waals surface area contributed by atoms with E-state index in [2.05, 4.69) is 20.9 Å². The fourth-order valence-electron chi connectivity index (χ4n) is 2.61. The Morgan fingerprint density at radius 3 is 2.52 bits per heavy atom. The zero-order valence-corrected chi connectivity index (χ0v) is 15.9. The SMILES string of the molecule is Cc1nc(Br)n(-c2c(F)cccc2Cl)c1C(O)c1ccc(F)cc1Cl. The molecule has 25 heavy (non-hydrogen) atoms. The van der Waals surface area contributed by atoms with Gasteiger partial charge in [0.15, 0.2) is 4.73 Å². The summed E-state index contributed by atoms with van der Waals surface area (Å²) in [5.41, 5.74) is 1.03. The first-order valence-corrected chi connectivity index (χ1v) is 8.68. The maximum atomic E-state index is 14.4. The van der Waals surface area contributed by atoms with E-state index in [0.29, 0.717) is 5.69 Å². The first-order chi connectivity index (χ1) is 11.8. The lowest BCUT2D eigenvalue weighted by molar-refractivity contribution is 0.212.